The zero-order valence-corrected chi connectivity index (χ0v) is 10.4. The molecule has 0 N–H and O–H groups in total. The number of carbonyl (C=O) groups excluding carboxylic acids is 1. The lowest BCUT2D eigenvalue weighted by Gasteiger charge is -2.27. The van der Waals surface area contributed by atoms with Crippen molar-refractivity contribution in [1.29, 1.82) is 0 Å². The van der Waals surface area contributed by atoms with Crippen molar-refractivity contribution in [3.8, 4) is 0 Å². The Labute approximate surface area is 102 Å². The van der Waals surface area contributed by atoms with Crippen molar-refractivity contribution < 1.29 is 9.53 Å². The molecule has 0 aliphatic carbocycles. The third kappa shape index (κ3) is 2.54. The summed E-state index contributed by atoms with van der Waals surface area (Å²) in [7, 11) is 0. The molecule has 90 valence electrons. The molecule has 1 heterocycles. The van der Waals surface area contributed by atoms with Gasteiger partial charge in [0, 0.05) is 5.41 Å². The Kier molecular flexibility index (Phi) is 3.01. The Hall–Kier alpha value is -1.64. The summed E-state index contributed by atoms with van der Waals surface area (Å²) >= 11 is 0. The van der Waals surface area contributed by atoms with E-state index >= 15 is 0 Å². The highest BCUT2D eigenvalue weighted by Gasteiger charge is 2.31. The van der Waals surface area contributed by atoms with Gasteiger partial charge in [-0.3, -0.25) is 4.99 Å². The van der Waals surface area contributed by atoms with E-state index in [9.17, 15) is 4.79 Å². The van der Waals surface area contributed by atoms with Gasteiger partial charge in [-0.25, -0.2) is 4.79 Å². The number of benzene rings is 1. The number of esters is 1. The quantitative estimate of drug-likeness (QED) is 0.697. The average Bonchev–Trinajstić information content (AvgIpc) is 2.29. The summed E-state index contributed by atoms with van der Waals surface area (Å²) in [5.74, 6) is -0.260. The smallest absolute Gasteiger partial charge is 0.335 e. The van der Waals surface area contributed by atoms with Gasteiger partial charge in [-0.05, 0) is 5.56 Å². The highest BCUT2D eigenvalue weighted by molar-refractivity contribution is 5.96. The van der Waals surface area contributed by atoms with Gasteiger partial charge in [0.25, 0.3) is 0 Å². The summed E-state index contributed by atoms with van der Waals surface area (Å²) in [5, 5.41) is 0. The maximum absolute atomic E-state index is 11.7. The topological polar surface area (TPSA) is 38.7 Å². The van der Waals surface area contributed by atoms with Gasteiger partial charge in [0.15, 0.2) is 6.04 Å². The molecule has 3 nitrogen and oxygen atoms in total. The Morgan fingerprint density at radius 2 is 1.88 bits per heavy atom. The van der Waals surface area contributed by atoms with E-state index in [1.165, 1.54) is 0 Å². The summed E-state index contributed by atoms with van der Waals surface area (Å²) in [5.41, 5.74) is 1.76. The van der Waals surface area contributed by atoms with Gasteiger partial charge < -0.3 is 4.74 Å². The fraction of sp³-hybridized carbons (Fsp3) is 0.429. The van der Waals surface area contributed by atoms with Gasteiger partial charge >= 0.3 is 5.97 Å². The van der Waals surface area contributed by atoms with Crippen LogP contribution in [0.25, 0.3) is 0 Å². The molecule has 2 rings (SSSR count). The monoisotopic (exact) mass is 231 g/mol. The van der Waals surface area contributed by atoms with E-state index in [2.05, 4.69) is 25.8 Å². The van der Waals surface area contributed by atoms with E-state index < -0.39 is 6.04 Å². The predicted octanol–water partition coefficient (Wildman–Crippen LogP) is 2.77. The fourth-order valence-corrected chi connectivity index (χ4v) is 1.72. The number of hydrogen-bond acceptors (Lipinski definition) is 3. The van der Waals surface area contributed by atoms with Crippen LogP contribution in [0, 0.1) is 5.41 Å². The van der Waals surface area contributed by atoms with Crippen molar-refractivity contribution in [2.24, 2.45) is 10.4 Å². The number of hydrogen-bond donors (Lipinski definition) is 0. The summed E-state index contributed by atoms with van der Waals surface area (Å²) in [6.45, 7) is 6.54. The molecule has 0 bridgehead atoms. The first kappa shape index (κ1) is 11.8. The number of carbonyl (C=O) groups is 1. The van der Waals surface area contributed by atoms with Gasteiger partial charge in [0.2, 0.25) is 0 Å². The summed E-state index contributed by atoms with van der Waals surface area (Å²) in [6.07, 6.45) is 0. The molecular weight excluding hydrogens is 214 g/mol. The first-order chi connectivity index (χ1) is 7.98. The second-order valence-electron chi connectivity index (χ2n) is 5.25. The normalized spacial score (nSPS) is 20.8. The van der Waals surface area contributed by atoms with Crippen molar-refractivity contribution in [2.75, 3.05) is 6.61 Å². The lowest BCUT2D eigenvalue weighted by Crippen LogP contribution is -2.33. The summed E-state index contributed by atoms with van der Waals surface area (Å²) < 4.78 is 5.21. The highest BCUT2D eigenvalue weighted by atomic mass is 16.5. The van der Waals surface area contributed by atoms with Crippen molar-refractivity contribution in [2.45, 2.75) is 26.8 Å². The standard InChI is InChI=1S/C14H17NO2/c1-14(2,3)11-9-17-13(16)12(15-11)10-7-5-4-6-8-10/h4-8,12H,9H2,1-3H3/t12-/m1/s1. The zero-order valence-electron chi connectivity index (χ0n) is 10.4. The van der Waals surface area contributed by atoms with E-state index in [1.807, 2.05) is 30.3 Å². The Balaban J connectivity index is 2.36. The van der Waals surface area contributed by atoms with Crippen LogP contribution in [-0.2, 0) is 9.53 Å². The molecule has 1 aromatic carbocycles. The second kappa shape index (κ2) is 4.32. The second-order valence-corrected chi connectivity index (χ2v) is 5.25. The Bertz CT molecular complexity index is 443. The van der Waals surface area contributed by atoms with Crippen LogP contribution >= 0.6 is 0 Å². The van der Waals surface area contributed by atoms with Crippen molar-refractivity contribution in [3.05, 3.63) is 35.9 Å². The van der Waals surface area contributed by atoms with Crippen LogP contribution < -0.4 is 0 Å². The molecule has 0 saturated carbocycles. The molecule has 0 aromatic heterocycles. The van der Waals surface area contributed by atoms with Crippen molar-refractivity contribution in [1.82, 2.24) is 0 Å². The zero-order chi connectivity index (χ0) is 12.5. The molecule has 3 heteroatoms. The molecule has 1 atom stereocenters. The molecular formula is C14H17NO2. The minimum atomic E-state index is -0.501. The van der Waals surface area contributed by atoms with E-state index in [1.54, 1.807) is 0 Å². The molecule has 17 heavy (non-hydrogen) atoms. The summed E-state index contributed by atoms with van der Waals surface area (Å²) in [4.78, 5) is 16.3. The SMILES string of the molecule is CC(C)(C)C1=N[C@H](c2ccccc2)C(=O)OC1. The third-order valence-corrected chi connectivity index (χ3v) is 2.84. The molecule has 0 saturated heterocycles. The maximum Gasteiger partial charge on any atom is 0.335 e. The van der Waals surface area contributed by atoms with Crippen LogP contribution in [0.15, 0.2) is 35.3 Å². The Morgan fingerprint density at radius 1 is 1.24 bits per heavy atom. The minimum absolute atomic E-state index is 0.0618. The van der Waals surface area contributed by atoms with E-state index in [-0.39, 0.29) is 11.4 Å². The molecule has 1 aliphatic rings. The maximum atomic E-state index is 11.7. The molecule has 0 unspecified atom stereocenters. The predicted molar refractivity (Wildman–Crippen MR) is 67.0 cm³/mol. The molecule has 0 fully saturated rings. The third-order valence-electron chi connectivity index (χ3n) is 2.84. The van der Waals surface area contributed by atoms with Gasteiger partial charge in [0.1, 0.15) is 6.61 Å². The highest BCUT2D eigenvalue weighted by Crippen LogP contribution is 2.27. The minimum Gasteiger partial charge on any atom is -0.458 e. The van der Waals surface area contributed by atoms with Crippen LogP contribution in [0.5, 0.6) is 0 Å². The van der Waals surface area contributed by atoms with Gasteiger partial charge in [0.05, 0.1) is 5.71 Å². The van der Waals surface area contributed by atoms with Gasteiger partial charge in [-0.1, -0.05) is 51.1 Å². The first-order valence-electron chi connectivity index (χ1n) is 5.77. The lowest BCUT2D eigenvalue weighted by atomic mass is 9.89. The van der Waals surface area contributed by atoms with E-state index in [0.29, 0.717) is 6.61 Å². The van der Waals surface area contributed by atoms with E-state index in [4.69, 9.17) is 4.74 Å². The first-order valence-corrected chi connectivity index (χ1v) is 5.77. The van der Waals surface area contributed by atoms with Gasteiger partial charge in [-0.2, -0.15) is 0 Å². The van der Waals surface area contributed by atoms with Crippen molar-refractivity contribution in [3.63, 3.8) is 0 Å². The average molecular weight is 231 g/mol. The number of cyclic esters (lactones) is 1. The molecule has 0 spiro atoms. The van der Waals surface area contributed by atoms with Crippen LogP contribution in [0.4, 0.5) is 0 Å². The number of rotatable bonds is 1. The number of ether oxygens (including phenoxy) is 1. The molecule has 1 aromatic rings. The Morgan fingerprint density at radius 3 is 2.47 bits per heavy atom. The lowest BCUT2D eigenvalue weighted by molar-refractivity contribution is -0.144. The summed E-state index contributed by atoms with van der Waals surface area (Å²) in [6, 6.07) is 9.04. The van der Waals surface area contributed by atoms with Crippen LogP contribution in [0.2, 0.25) is 0 Å². The molecule has 1 aliphatic heterocycles. The van der Waals surface area contributed by atoms with E-state index in [0.717, 1.165) is 11.3 Å². The molecule has 0 radical (unpaired) electrons. The molecule has 0 amide bonds. The van der Waals surface area contributed by atoms with Gasteiger partial charge in [-0.15, -0.1) is 0 Å². The van der Waals surface area contributed by atoms with Crippen molar-refractivity contribution >= 4 is 11.7 Å². The number of aliphatic imine (C=N–C) groups is 1. The van der Waals surface area contributed by atoms with Crippen LogP contribution in [-0.4, -0.2) is 18.3 Å². The fourth-order valence-electron chi connectivity index (χ4n) is 1.72. The van der Waals surface area contributed by atoms with Crippen LogP contribution in [0.1, 0.15) is 32.4 Å². The number of nitrogens with zero attached hydrogens (tertiary/aromatic N) is 1. The van der Waals surface area contributed by atoms with Crippen LogP contribution in [0.3, 0.4) is 0 Å². The largest absolute Gasteiger partial charge is 0.458 e.